The highest BCUT2D eigenvalue weighted by atomic mass is 16.3. The Balaban J connectivity index is 1.67. The molecule has 0 bridgehead atoms. The normalized spacial score (nSPS) is 11.7. The van der Waals surface area contributed by atoms with Crippen LogP contribution in [-0.4, -0.2) is 30.3 Å². The van der Waals surface area contributed by atoms with Crippen LogP contribution in [0.2, 0.25) is 0 Å². The molecule has 136 valence electrons. The standard InChI is InChI=1S/C19H21N3O4/c1-14(19(25)21-12-16-8-5-11-26-16)22-18(24)13-20-17(23)10-9-15-6-3-2-4-7-15/h2-11,14H,12-13H2,1H3,(H,20,23)(H,21,25)(H,22,24)/b10-9+. The van der Waals surface area contributed by atoms with Crippen LogP contribution in [0.4, 0.5) is 0 Å². The molecule has 0 aliphatic heterocycles. The molecule has 0 saturated carbocycles. The molecule has 0 aliphatic rings. The van der Waals surface area contributed by atoms with Crippen molar-refractivity contribution in [3.8, 4) is 0 Å². The minimum absolute atomic E-state index is 0.215. The number of nitrogens with one attached hydrogen (secondary N) is 3. The molecule has 26 heavy (non-hydrogen) atoms. The van der Waals surface area contributed by atoms with Crippen molar-refractivity contribution in [2.75, 3.05) is 6.54 Å². The Hall–Kier alpha value is -3.35. The second-order valence-corrected chi connectivity index (χ2v) is 5.55. The molecule has 2 rings (SSSR count). The van der Waals surface area contributed by atoms with E-state index in [9.17, 15) is 14.4 Å². The second-order valence-electron chi connectivity index (χ2n) is 5.55. The molecule has 2 aromatic rings. The van der Waals surface area contributed by atoms with Gasteiger partial charge >= 0.3 is 0 Å². The lowest BCUT2D eigenvalue weighted by molar-refractivity contribution is -0.129. The van der Waals surface area contributed by atoms with E-state index in [0.29, 0.717) is 5.76 Å². The summed E-state index contributed by atoms with van der Waals surface area (Å²) in [7, 11) is 0. The van der Waals surface area contributed by atoms with Gasteiger partial charge in [0.05, 0.1) is 19.4 Å². The molecule has 0 radical (unpaired) electrons. The summed E-state index contributed by atoms with van der Waals surface area (Å²) < 4.78 is 5.11. The number of hydrogen-bond acceptors (Lipinski definition) is 4. The number of benzene rings is 1. The molecule has 1 atom stereocenters. The number of hydrogen-bond donors (Lipinski definition) is 3. The summed E-state index contributed by atoms with van der Waals surface area (Å²) in [5.41, 5.74) is 0.883. The number of amides is 3. The number of carbonyl (C=O) groups excluding carboxylic acids is 3. The SMILES string of the molecule is CC(NC(=O)CNC(=O)/C=C/c1ccccc1)C(=O)NCc1ccco1. The average Bonchev–Trinajstić information content (AvgIpc) is 3.17. The van der Waals surface area contributed by atoms with Gasteiger partial charge in [0.2, 0.25) is 17.7 Å². The summed E-state index contributed by atoms with van der Waals surface area (Å²) in [6.45, 7) is 1.59. The predicted octanol–water partition coefficient (Wildman–Crippen LogP) is 1.23. The maximum absolute atomic E-state index is 11.9. The van der Waals surface area contributed by atoms with E-state index in [4.69, 9.17) is 4.42 Å². The summed E-state index contributed by atoms with van der Waals surface area (Å²) in [5.74, 6) is -0.564. The van der Waals surface area contributed by atoms with E-state index in [1.54, 1.807) is 25.1 Å². The van der Waals surface area contributed by atoms with Crippen molar-refractivity contribution >= 4 is 23.8 Å². The molecule has 7 nitrogen and oxygen atoms in total. The third-order valence-electron chi connectivity index (χ3n) is 3.44. The molecule has 0 aliphatic carbocycles. The molecule has 0 fully saturated rings. The van der Waals surface area contributed by atoms with Gasteiger partial charge in [-0.3, -0.25) is 14.4 Å². The Morgan fingerprint density at radius 2 is 1.85 bits per heavy atom. The Morgan fingerprint density at radius 3 is 2.54 bits per heavy atom. The maximum Gasteiger partial charge on any atom is 0.244 e. The van der Waals surface area contributed by atoms with E-state index >= 15 is 0 Å². The highest BCUT2D eigenvalue weighted by molar-refractivity contribution is 5.95. The lowest BCUT2D eigenvalue weighted by atomic mass is 10.2. The lowest BCUT2D eigenvalue weighted by Crippen LogP contribution is -2.47. The van der Waals surface area contributed by atoms with Crippen molar-refractivity contribution in [1.82, 2.24) is 16.0 Å². The van der Waals surface area contributed by atoms with Gasteiger partial charge in [0.1, 0.15) is 11.8 Å². The zero-order chi connectivity index (χ0) is 18.8. The number of furan rings is 1. The summed E-state index contributed by atoms with van der Waals surface area (Å²) in [4.78, 5) is 35.4. The first-order chi connectivity index (χ1) is 12.5. The molecule has 3 N–H and O–H groups in total. The minimum Gasteiger partial charge on any atom is -0.467 e. The summed E-state index contributed by atoms with van der Waals surface area (Å²) >= 11 is 0. The van der Waals surface area contributed by atoms with Crippen LogP contribution in [0.5, 0.6) is 0 Å². The first-order valence-electron chi connectivity index (χ1n) is 8.15. The second kappa shape index (κ2) is 9.83. The molecule has 1 aromatic heterocycles. The van der Waals surface area contributed by atoms with Crippen LogP contribution in [0.1, 0.15) is 18.2 Å². The van der Waals surface area contributed by atoms with Crippen molar-refractivity contribution in [2.24, 2.45) is 0 Å². The number of rotatable bonds is 8. The highest BCUT2D eigenvalue weighted by Crippen LogP contribution is 2.00. The molecule has 1 aromatic carbocycles. The lowest BCUT2D eigenvalue weighted by Gasteiger charge is -2.13. The largest absolute Gasteiger partial charge is 0.467 e. The third-order valence-corrected chi connectivity index (χ3v) is 3.44. The number of carbonyl (C=O) groups is 3. The van der Waals surface area contributed by atoms with Crippen molar-refractivity contribution in [1.29, 1.82) is 0 Å². The van der Waals surface area contributed by atoms with Gasteiger partial charge in [-0.1, -0.05) is 30.3 Å². The van der Waals surface area contributed by atoms with E-state index in [-0.39, 0.29) is 24.9 Å². The Labute approximate surface area is 151 Å². The first kappa shape index (κ1) is 19.0. The topological polar surface area (TPSA) is 100 Å². The predicted molar refractivity (Wildman–Crippen MR) is 96.6 cm³/mol. The molecular weight excluding hydrogens is 334 g/mol. The summed E-state index contributed by atoms with van der Waals surface area (Å²) in [6, 6.07) is 12.1. The van der Waals surface area contributed by atoms with Crippen LogP contribution in [0.25, 0.3) is 6.08 Å². The average molecular weight is 355 g/mol. The van der Waals surface area contributed by atoms with E-state index in [2.05, 4.69) is 16.0 Å². The van der Waals surface area contributed by atoms with Crippen LogP contribution in [0.15, 0.2) is 59.2 Å². The van der Waals surface area contributed by atoms with E-state index in [1.165, 1.54) is 12.3 Å². The third kappa shape index (κ3) is 6.64. The molecule has 7 heteroatoms. The first-order valence-corrected chi connectivity index (χ1v) is 8.15. The monoisotopic (exact) mass is 355 g/mol. The van der Waals surface area contributed by atoms with Gasteiger partial charge in [-0.25, -0.2) is 0 Å². The van der Waals surface area contributed by atoms with Crippen LogP contribution in [0.3, 0.4) is 0 Å². The van der Waals surface area contributed by atoms with Crippen molar-refractivity contribution in [3.05, 3.63) is 66.1 Å². The zero-order valence-electron chi connectivity index (χ0n) is 14.4. The van der Waals surface area contributed by atoms with Crippen molar-refractivity contribution in [2.45, 2.75) is 19.5 Å². The van der Waals surface area contributed by atoms with Crippen molar-refractivity contribution < 1.29 is 18.8 Å². The fourth-order valence-electron chi connectivity index (χ4n) is 2.06. The van der Waals surface area contributed by atoms with Crippen LogP contribution in [0, 0.1) is 0 Å². The molecular formula is C19H21N3O4. The van der Waals surface area contributed by atoms with E-state index < -0.39 is 11.9 Å². The quantitative estimate of drug-likeness (QED) is 0.620. The Bertz CT molecular complexity index is 754. The van der Waals surface area contributed by atoms with Crippen LogP contribution < -0.4 is 16.0 Å². The molecule has 3 amide bonds. The molecule has 1 unspecified atom stereocenters. The van der Waals surface area contributed by atoms with Gasteiger partial charge in [-0.15, -0.1) is 0 Å². The van der Waals surface area contributed by atoms with Gasteiger partial charge in [0, 0.05) is 6.08 Å². The zero-order valence-corrected chi connectivity index (χ0v) is 14.4. The van der Waals surface area contributed by atoms with Gasteiger partial charge in [-0.05, 0) is 30.7 Å². The van der Waals surface area contributed by atoms with Crippen LogP contribution in [-0.2, 0) is 20.9 Å². The fourth-order valence-corrected chi connectivity index (χ4v) is 2.06. The van der Waals surface area contributed by atoms with Gasteiger partial charge in [0.15, 0.2) is 0 Å². The summed E-state index contributed by atoms with van der Waals surface area (Å²) in [6.07, 6.45) is 4.52. The van der Waals surface area contributed by atoms with Gasteiger partial charge in [-0.2, -0.15) is 0 Å². The van der Waals surface area contributed by atoms with Crippen LogP contribution >= 0.6 is 0 Å². The fraction of sp³-hybridized carbons (Fsp3) is 0.211. The van der Waals surface area contributed by atoms with Gasteiger partial charge < -0.3 is 20.4 Å². The van der Waals surface area contributed by atoms with E-state index in [0.717, 1.165) is 5.56 Å². The minimum atomic E-state index is -0.728. The van der Waals surface area contributed by atoms with Crippen molar-refractivity contribution in [3.63, 3.8) is 0 Å². The highest BCUT2D eigenvalue weighted by Gasteiger charge is 2.15. The van der Waals surface area contributed by atoms with Gasteiger partial charge in [0.25, 0.3) is 0 Å². The summed E-state index contributed by atoms with van der Waals surface area (Å²) in [5, 5.41) is 7.63. The molecule has 0 spiro atoms. The molecule has 1 heterocycles. The Kier molecular flexibility index (Phi) is 7.17. The van der Waals surface area contributed by atoms with E-state index in [1.807, 2.05) is 30.3 Å². The molecule has 0 saturated heterocycles. The Morgan fingerprint density at radius 1 is 1.08 bits per heavy atom. The maximum atomic E-state index is 11.9. The smallest absolute Gasteiger partial charge is 0.244 e.